The van der Waals surface area contributed by atoms with Gasteiger partial charge in [-0.1, -0.05) is 0 Å². The summed E-state index contributed by atoms with van der Waals surface area (Å²) in [7, 11) is 0. The SMILES string of the molecule is Cc1c[nH]c2cc(OC3CCNCC3)ccc12. The van der Waals surface area contributed by atoms with Crippen molar-refractivity contribution in [3.05, 3.63) is 30.0 Å². The van der Waals surface area contributed by atoms with E-state index in [0.717, 1.165) is 37.2 Å². The standard InChI is InChI=1S/C14H18N2O/c1-10-9-16-14-8-12(2-3-13(10)14)17-11-4-6-15-7-5-11/h2-3,8-9,11,15-16H,4-7H2,1H3. The van der Waals surface area contributed by atoms with Crippen LogP contribution in [0.1, 0.15) is 18.4 Å². The lowest BCUT2D eigenvalue weighted by Crippen LogP contribution is -2.34. The van der Waals surface area contributed by atoms with Crippen molar-refractivity contribution in [2.75, 3.05) is 13.1 Å². The zero-order chi connectivity index (χ0) is 11.7. The predicted molar refractivity (Wildman–Crippen MR) is 69.6 cm³/mol. The molecule has 3 nitrogen and oxygen atoms in total. The molecule has 2 heterocycles. The minimum Gasteiger partial charge on any atom is -0.490 e. The highest BCUT2D eigenvalue weighted by molar-refractivity contribution is 5.84. The van der Waals surface area contributed by atoms with Crippen LogP contribution in [0.5, 0.6) is 5.75 Å². The maximum absolute atomic E-state index is 6.01. The quantitative estimate of drug-likeness (QED) is 0.832. The highest BCUT2D eigenvalue weighted by atomic mass is 16.5. The molecule has 1 aromatic heterocycles. The van der Waals surface area contributed by atoms with Crippen LogP contribution in [-0.2, 0) is 0 Å². The average Bonchev–Trinajstić information content (AvgIpc) is 2.72. The van der Waals surface area contributed by atoms with Gasteiger partial charge in [0.05, 0.1) is 0 Å². The minimum atomic E-state index is 0.366. The molecule has 0 aliphatic carbocycles. The molecule has 2 aromatic rings. The molecule has 1 saturated heterocycles. The van der Waals surface area contributed by atoms with E-state index < -0.39 is 0 Å². The van der Waals surface area contributed by atoms with E-state index in [-0.39, 0.29) is 0 Å². The van der Waals surface area contributed by atoms with Crippen LogP contribution < -0.4 is 10.1 Å². The summed E-state index contributed by atoms with van der Waals surface area (Å²) in [5, 5.41) is 4.63. The summed E-state index contributed by atoms with van der Waals surface area (Å²) in [5.74, 6) is 0.978. The first-order valence-electron chi connectivity index (χ1n) is 6.28. The summed E-state index contributed by atoms with van der Waals surface area (Å²) in [4.78, 5) is 3.27. The Hall–Kier alpha value is -1.48. The molecule has 2 N–H and O–H groups in total. The molecule has 0 unspecified atom stereocenters. The Morgan fingerprint density at radius 3 is 2.88 bits per heavy atom. The van der Waals surface area contributed by atoms with Gasteiger partial charge in [0, 0.05) is 23.2 Å². The third-order valence-corrected chi connectivity index (χ3v) is 3.45. The van der Waals surface area contributed by atoms with Crippen LogP contribution in [0.3, 0.4) is 0 Å². The molecule has 90 valence electrons. The van der Waals surface area contributed by atoms with Crippen LogP contribution in [0.4, 0.5) is 0 Å². The Balaban J connectivity index is 1.80. The molecule has 1 aromatic carbocycles. The Morgan fingerprint density at radius 1 is 1.24 bits per heavy atom. The van der Waals surface area contributed by atoms with Gasteiger partial charge in [-0.3, -0.25) is 0 Å². The van der Waals surface area contributed by atoms with E-state index >= 15 is 0 Å². The molecule has 3 rings (SSSR count). The Morgan fingerprint density at radius 2 is 2.06 bits per heavy atom. The van der Waals surface area contributed by atoms with Crippen LogP contribution in [-0.4, -0.2) is 24.2 Å². The highest BCUT2D eigenvalue weighted by Crippen LogP contribution is 2.24. The van der Waals surface area contributed by atoms with Gasteiger partial charge >= 0.3 is 0 Å². The molecule has 1 fully saturated rings. The minimum absolute atomic E-state index is 0.366. The van der Waals surface area contributed by atoms with Gasteiger partial charge in [0.1, 0.15) is 11.9 Å². The van der Waals surface area contributed by atoms with Crippen LogP contribution in [0, 0.1) is 6.92 Å². The number of aromatic nitrogens is 1. The van der Waals surface area contributed by atoms with Gasteiger partial charge in [-0.2, -0.15) is 0 Å². The van der Waals surface area contributed by atoms with Crippen molar-refractivity contribution >= 4 is 10.9 Å². The van der Waals surface area contributed by atoms with Crippen molar-refractivity contribution in [1.29, 1.82) is 0 Å². The van der Waals surface area contributed by atoms with Gasteiger partial charge in [-0.25, -0.2) is 0 Å². The van der Waals surface area contributed by atoms with E-state index in [1.807, 2.05) is 6.20 Å². The smallest absolute Gasteiger partial charge is 0.121 e. The second-order valence-corrected chi connectivity index (χ2v) is 4.75. The molecular weight excluding hydrogens is 212 g/mol. The van der Waals surface area contributed by atoms with Gasteiger partial charge < -0.3 is 15.0 Å². The molecule has 0 saturated carbocycles. The van der Waals surface area contributed by atoms with Crippen LogP contribution in [0.2, 0.25) is 0 Å². The van der Waals surface area contributed by atoms with Gasteiger partial charge in [0.2, 0.25) is 0 Å². The van der Waals surface area contributed by atoms with Gasteiger partial charge in [-0.05, 0) is 50.6 Å². The third kappa shape index (κ3) is 2.15. The second-order valence-electron chi connectivity index (χ2n) is 4.75. The van der Waals surface area contributed by atoms with E-state index in [0.29, 0.717) is 6.10 Å². The lowest BCUT2D eigenvalue weighted by molar-refractivity contribution is 0.162. The maximum Gasteiger partial charge on any atom is 0.121 e. The van der Waals surface area contributed by atoms with E-state index in [4.69, 9.17) is 4.74 Å². The first kappa shape index (κ1) is 10.7. The van der Waals surface area contributed by atoms with Crippen LogP contribution >= 0.6 is 0 Å². The number of hydrogen-bond acceptors (Lipinski definition) is 2. The number of rotatable bonds is 2. The van der Waals surface area contributed by atoms with Crippen molar-refractivity contribution in [2.45, 2.75) is 25.9 Å². The first-order chi connectivity index (χ1) is 8.33. The third-order valence-electron chi connectivity index (χ3n) is 3.45. The Labute approximate surface area is 101 Å². The topological polar surface area (TPSA) is 37.0 Å². The lowest BCUT2D eigenvalue weighted by Gasteiger charge is -2.23. The summed E-state index contributed by atoms with van der Waals surface area (Å²) in [6.45, 7) is 4.25. The summed E-state index contributed by atoms with van der Waals surface area (Å²) in [6, 6.07) is 6.31. The van der Waals surface area contributed by atoms with Crippen LogP contribution in [0.25, 0.3) is 10.9 Å². The molecule has 0 spiro atoms. The van der Waals surface area contributed by atoms with E-state index in [2.05, 4.69) is 35.4 Å². The maximum atomic E-state index is 6.01. The molecule has 0 amide bonds. The number of piperidine rings is 1. The first-order valence-corrected chi connectivity index (χ1v) is 6.28. The summed E-state index contributed by atoms with van der Waals surface area (Å²) in [6.07, 6.45) is 4.60. The van der Waals surface area contributed by atoms with Gasteiger partial charge in [0.25, 0.3) is 0 Å². The van der Waals surface area contributed by atoms with Crippen molar-refractivity contribution in [1.82, 2.24) is 10.3 Å². The number of ether oxygens (including phenoxy) is 1. The van der Waals surface area contributed by atoms with E-state index in [9.17, 15) is 0 Å². The second kappa shape index (κ2) is 4.41. The molecular formula is C14H18N2O. The number of H-pyrrole nitrogens is 1. The zero-order valence-electron chi connectivity index (χ0n) is 10.1. The number of aromatic amines is 1. The number of nitrogens with one attached hydrogen (secondary N) is 2. The molecule has 17 heavy (non-hydrogen) atoms. The van der Waals surface area contributed by atoms with Crippen molar-refractivity contribution in [3.63, 3.8) is 0 Å². The molecule has 1 aliphatic rings. The molecule has 3 heteroatoms. The fourth-order valence-electron chi connectivity index (χ4n) is 2.43. The largest absolute Gasteiger partial charge is 0.490 e. The molecule has 0 atom stereocenters. The molecule has 0 radical (unpaired) electrons. The molecule has 1 aliphatic heterocycles. The van der Waals surface area contributed by atoms with Crippen molar-refractivity contribution in [2.24, 2.45) is 0 Å². The fourth-order valence-corrected chi connectivity index (χ4v) is 2.43. The van der Waals surface area contributed by atoms with E-state index in [1.54, 1.807) is 0 Å². The Kier molecular flexibility index (Phi) is 2.77. The van der Waals surface area contributed by atoms with Gasteiger partial charge in [0.15, 0.2) is 0 Å². The fraction of sp³-hybridized carbons (Fsp3) is 0.429. The number of hydrogen-bond donors (Lipinski definition) is 2. The number of benzene rings is 1. The summed E-state index contributed by atoms with van der Waals surface area (Å²) >= 11 is 0. The summed E-state index contributed by atoms with van der Waals surface area (Å²) < 4.78 is 6.01. The van der Waals surface area contributed by atoms with E-state index in [1.165, 1.54) is 10.9 Å². The highest BCUT2D eigenvalue weighted by Gasteiger charge is 2.14. The zero-order valence-corrected chi connectivity index (χ0v) is 10.1. The number of fused-ring (bicyclic) bond motifs is 1. The monoisotopic (exact) mass is 230 g/mol. The van der Waals surface area contributed by atoms with Crippen molar-refractivity contribution < 1.29 is 4.74 Å². The predicted octanol–water partition coefficient (Wildman–Crippen LogP) is 2.61. The Bertz CT molecular complexity index is 512. The average molecular weight is 230 g/mol. The lowest BCUT2D eigenvalue weighted by atomic mass is 10.1. The molecule has 0 bridgehead atoms. The normalized spacial score (nSPS) is 17.5. The van der Waals surface area contributed by atoms with Gasteiger partial charge in [-0.15, -0.1) is 0 Å². The van der Waals surface area contributed by atoms with Crippen molar-refractivity contribution in [3.8, 4) is 5.75 Å². The number of aryl methyl sites for hydroxylation is 1. The summed E-state index contributed by atoms with van der Waals surface area (Å²) in [5.41, 5.74) is 2.45. The van der Waals surface area contributed by atoms with Crippen LogP contribution in [0.15, 0.2) is 24.4 Å².